The van der Waals surface area contributed by atoms with Gasteiger partial charge in [-0.05, 0) is 31.2 Å². The number of nitrogens with two attached hydrogens (primary N) is 1. The van der Waals surface area contributed by atoms with E-state index < -0.39 is 0 Å². The van der Waals surface area contributed by atoms with Crippen LogP contribution in [0.3, 0.4) is 0 Å². The highest BCUT2D eigenvalue weighted by molar-refractivity contribution is 6.03. The second-order valence-corrected chi connectivity index (χ2v) is 5.40. The molecule has 2 aromatic rings. The molecule has 0 saturated carbocycles. The van der Waals surface area contributed by atoms with Crippen molar-refractivity contribution in [1.29, 1.82) is 0 Å². The van der Waals surface area contributed by atoms with Gasteiger partial charge in [0.05, 0.1) is 17.8 Å². The number of aromatic nitrogens is 2. The number of ketones is 1. The van der Waals surface area contributed by atoms with E-state index in [1.54, 1.807) is 23.1 Å². The highest BCUT2D eigenvalue weighted by Gasteiger charge is 2.22. The molecule has 3 rings (SSSR count). The summed E-state index contributed by atoms with van der Waals surface area (Å²) in [5, 5.41) is 3.05. The second kappa shape index (κ2) is 6.60. The molecule has 0 radical (unpaired) electrons. The number of carbonyl (C=O) groups is 2. The van der Waals surface area contributed by atoms with Crippen molar-refractivity contribution in [3.63, 3.8) is 0 Å². The number of nitrogens with one attached hydrogen (secondary N) is 1. The molecule has 8 heteroatoms. The molecule has 1 aliphatic rings. The van der Waals surface area contributed by atoms with Crippen molar-refractivity contribution in [2.75, 3.05) is 29.1 Å². The van der Waals surface area contributed by atoms with Crippen LogP contribution in [0.2, 0.25) is 0 Å². The summed E-state index contributed by atoms with van der Waals surface area (Å²) < 4.78 is 5.58. The van der Waals surface area contributed by atoms with Gasteiger partial charge in [0.15, 0.2) is 5.78 Å². The number of hydrogen-bond acceptors (Lipinski definition) is 7. The summed E-state index contributed by atoms with van der Waals surface area (Å²) in [5.74, 6) is 0.557. The van der Waals surface area contributed by atoms with E-state index in [4.69, 9.17) is 10.5 Å². The van der Waals surface area contributed by atoms with Gasteiger partial charge < -0.3 is 20.7 Å². The molecule has 25 heavy (non-hydrogen) atoms. The van der Waals surface area contributed by atoms with Crippen LogP contribution in [0.4, 0.5) is 23.1 Å². The number of carbonyl (C=O) groups excluding carboxylic acids is 2. The van der Waals surface area contributed by atoms with E-state index in [1.165, 1.54) is 19.2 Å². The van der Waals surface area contributed by atoms with Crippen LogP contribution < -0.4 is 20.7 Å². The maximum atomic E-state index is 12.0. The third-order valence-electron chi connectivity index (χ3n) is 3.71. The third kappa shape index (κ3) is 3.27. The first-order valence-electron chi connectivity index (χ1n) is 7.61. The van der Waals surface area contributed by atoms with Crippen molar-refractivity contribution in [3.05, 3.63) is 42.6 Å². The molecule has 0 unspecified atom stereocenters. The lowest BCUT2D eigenvalue weighted by Crippen LogP contribution is -2.36. The molecule has 0 fully saturated rings. The summed E-state index contributed by atoms with van der Waals surface area (Å²) in [6, 6.07) is 5.26. The Morgan fingerprint density at radius 3 is 2.96 bits per heavy atom. The number of ether oxygens (including phenoxy) is 1. The lowest BCUT2D eigenvalue weighted by atomic mass is 10.2. The molecule has 3 N–H and O–H groups in total. The second-order valence-electron chi connectivity index (χ2n) is 5.40. The molecule has 2 heterocycles. The van der Waals surface area contributed by atoms with Crippen LogP contribution in [-0.4, -0.2) is 34.8 Å². The number of hydrogen-bond donors (Lipinski definition) is 2. The van der Waals surface area contributed by atoms with Crippen molar-refractivity contribution in [3.8, 4) is 5.75 Å². The molecule has 0 bridgehead atoms. The Morgan fingerprint density at radius 2 is 2.24 bits per heavy atom. The number of benzene rings is 1. The average molecular weight is 339 g/mol. The lowest BCUT2D eigenvalue weighted by Gasteiger charge is -2.29. The predicted octanol–water partition coefficient (Wildman–Crippen LogP) is 1.92. The van der Waals surface area contributed by atoms with Crippen LogP contribution in [0.25, 0.3) is 0 Å². The van der Waals surface area contributed by atoms with E-state index in [0.29, 0.717) is 41.7 Å². The Balaban J connectivity index is 1.98. The fourth-order valence-electron chi connectivity index (χ4n) is 2.52. The minimum absolute atomic E-state index is 0.0530. The minimum Gasteiger partial charge on any atom is -0.490 e. The Bertz CT molecular complexity index is 865. The Kier molecular flexibility index (Phi) is 4.34. The fraction of sp³-hybridized carbons (Fsp3) is 0.176. The molecule has 0 atom stereocenters. The van der Waals surface area contributed by atoms with Crippen LogP contribution in [0, 0.1) is 0 Å². The third-order valence-corrected chi connectivity index (χ3v) is 3.71. The number of Topliss-reactive ketones (excluding diaryl/α,β-unsaturated/α-hetero) is 1. The number of amides is 1. The quantitative estimate of drug-likeness (QED) is 0.646. The zero-order valence-corrected chi connectivity index (χ0v) is 13.7. The number of nitrogens with zero attached hydrogens (tertiary/aromatic N) is 3. The highest BCUT2D eigenvalue weighted by atomic mass is 16.5. The number of nitrogen functional groups attached to an aromatic ring is 1. The van der Waals surface area contributed by atoms with Gasteiger partial charge in [-0.1, -0.05) is 6.58 Å². The van der Waals surface area contributed by atoms with Crippen LogP contribution in [0.5, 0.6) is 5.75 Å². The lowest BCUT2D eigenvalue weighted by molar-refractivity contribution is -0.114. The van der Waals surface area contributed by atoms with Crippen molar-refractivity contribution in [2.24, 2.45) is 0 Å². The van der Waals surface area contributed by atoms with Gasteiger partial charge in [0.2, 0.25) is 5.95 Å². The number of fused-ring (bicyclic) bond motifs is 1. The van der Waals surface area contributed by atoms with E-state index in [0.717, 1.165) is 0 Å². The summed E-state index contributed by atoms with van der Waals surface area (Å²) in [6.45, 7) is 5.79. The predicted molar refractivity (Wildman–Crippen MR) is 94.2 cm³/mol. The molecule has 1 amide bonds. The van der Waals surface area contributed by atoms with E-state index in [1.807, 2.05) is 0 Å². The zero-order chi connectivity index (χ0) is 18.0. The van der Waals surface area contributed by atoms with Crippen molar-refractivity contribution in [2.45, 2.75) is 6.92 Å². The monoisotopic (exact) mass is 339 g/mol. The van der Waals surface area contributed by atoms with Crippen molar-refractivity contribution in [1.82, 2.24) is 9.97 Å². The topological polar surface area (TPSA) is 110 Å². The molecule has 8 nitrogen and oxygen atoms in total. The number of anilines is 4. The van der Waals surface area contributed by atoms with Gasteiger partial charge >= 0.3 is 0 Å². The number of rotatable bonds is 4. The van der Waals surface area contributed by atoms with Crippen LogP contribution in [0.1, 0.15) is 17.3 Å². The maximum Gasteiger partial charge on any atom is 0.250 e. The SMILES string of the molecule is C=CC(=O)N1CCOc2ccc(Nc3nc(N)ncc3C(C)=O)cc21. The molecule has 0 spiro atoms. The van der Waals surface area contributed by atoms with Crippen LogP contribution in [0.15, 0.2) is 37.1 Å². The zero-order valence-electron chi connectivity index (χ0n) is 13.7. The molecule has 1 aliphatic heterocycles. The first-order valence-corrected chi connectivity index (χ1v) is 7.61. The standard InChI is InChI=1S/C17H17N5O3/c1-3-15(24)22-6-7-25-14-5-4-11(8-13(14)22)20-16-12(10(2)23)9-19-17(18)21-16/h3-5,8-9H,1,6-7H2,2H3,(H3,18,19,20,21). The molecule has 0 saturated heterocycles. The van der Waals surface area contributed by atoms with Gasteiger partial charge in [0, 0.05) is 11.9 Å². The van der Waals surface area contributed by atoms with E-state index in [-0.39, 0.29) is 17.6 Å². The summed E-state index contributed by atoms with van der Waals surface area (Å²) >= 11 is 0. The van der Waals surface area contributed by atoms with Crippen LogP contribution >= 0.6 is 0 Å². The first kappa shape index (κ1) is 16.4. The van der Waals surface area contributed by atoms with E-state index >= 15 is 0 Å². The normalized spacial score (nSPS) is 12.8. The molecule has 0 aliphatic carbocycles. The average Bonchev–Trinajstić information content (AvgIpc) is 2.60. The van der Waals surface area contributed by atoms with Gasteiger partial charge in [0.1, 0.15) is 18.2 Å². The summed E-state index contributed by atoms with van der Waals surface area (Å²) in [4.78, 5) is 33.3. The van der Waals surface area contributed by atoms with Gasteiger partial charge in [-0.3, -0.25) is 9.59 Å². The summed E-state index contributed by atoms with van der Waals surface area (Å²) in [7, 11) is 0. The first-order chi connectivity index (χ1) is 12.0. The smallest absolute Gasteiger partial charge is 0.250 e. The van der Waals surface area contributed by atoms with Crippen LogP contribution in [-0.2, 0) is 4.79 Å². The molecule has 1 aromatic heterocycles. The maximum absolute atomic E-state index is 12.0. The fourth-order valence-corrected chi connectivity index (χ4v) is 2.52. The van der Waals surface area contributed by atoms with Crippen molar-refractivity contribution < 1.29 is 14.3 Å². The highest BCUT2D eigenvalue weighted by Crippen LogP contribution is 2.35. The Hall–Kier alpha value is -3.42. The molecular weight excluding hydrogens is 322 g/mol. The van der Waals surface area contributed by atoms with Crippen molar-refractivity contribution >= 4 is 34.8 Å². The van der Waals surface area contributed by atoms with Gasteiger partial charge in [-0.2, -0.15) is 4.98 Å². The minimum atomic E-state index is -0.211. The van der Waals surface area contributed by atoms with E-state index in [2.05, 4.69) is 21.9 Å². The van der Waals surface area contributed by atoms with Gasteiger partial charge in [-0.25, -0.2) is 4.98 Å². The molecule has 128 valence electrons. The molecular formula is C17H17N5O3. The summed E-state index contributed by atoms with van der Waals surface area (Å²) in [6.07, 6.45) is 2.64. The van der Waals surface area contributed by atoms with Gasteiger partial charge in [-0.15, -0.1) is 0 Å². The Labute approximate surface area is 144 Å². The molecule has 1 aromatic carbocycles. The Morgan fingerprint density at radius 1 is 1.44 bits per heavy atom. The van der Waals surface area contributed by atoms with Gasteiger partial charge in [0.25, 0.3) is 5.91 Å². The van der Waals surface area contributed by atoms with E-state index in [9.17, 15) is 9.59 Å². The summed E-state index contributed by atoms with van der Waals surface area (Å²) in [5.41, 5.74) is 7.19. The largest absolute Gasteiger partial charge is 0.490 e.